The zero-order chi connectivity index (χ0) is 10.3. The summed E-state index contributed by atoms with van der Waals surface area (Å²) in [7, 11) is 0. The maximum atomic E-state index is 5.98. The highest BCUT2D eigenvalue weighted by Crippen LogP contribution is 2.25. The Kier molecular flexibility index (Phi) is 6.40. The molecule has 13 heavy (non-hydrogen) atoms. The predicted molar refractivity (Wildman–Crippen MR) is 59.1 cm³/mol. The number of ether oxygens (including phenoxy) is 1. The molecule has 0 radical (unpaired) electrons. The van der Waals surface area contributed by atoms with Crippen LogP contribution in [0.1, 0.15) is 66.7 Å². The molecule has 1 heteroatoms. The van der Waals surface area contributed by atoms with Crippen LogP contribution in [0.4, 0.5) is 0 Å². The van der Waals surface area contributed by atoms with E-state index in [2.05, 4.69) is 34.6 Å². The van der Waals surface area contributed by atoms with E-state index in [1.807, 2.05) is 0 Å². The van der Waals surface area contributed by atoms with E-state index in [0.29, 0.717) is 6.10 Å². The molecule has 80 valence electrons. The van der Waals surface area contributed by atoms with Gasteiger partial charge in [0, 0.05) is 0 Å². The molecular weight excluding hydrogens is 160 g/mol. The van der Waals surface area contributed by atoms with Crippen molar-refractivity contribution in [3.63, 3.8) is 0 Å². The molecule has 1 nitrogen and oxygen atoms in total. The summed E-state index contributed by atoms with van der Waals surface area (Å²) in [6, 6.07) is 0. The average Bonchev–Trinajstić information content (AvgIpc) is 2.00. The van der Waals surface area contributed by atoms with E-state index in [4.69, 9.17) is 4.74 Å². The summed E-state index contributed by atoms with van der Waals surface area (Å²) in [5.74, 6) is 0. The van der Waals surface area contributed by atoms with Crippen LogP contribution in [0.2, 0.25) is 0 Å². The van der Waals surface area contributed by atoms with Gasteiger partial charge in [0.05, 0.1) is 11.7 Å². The second-order valence-electron chi connectivity index (χ2n) is 4.47. The van der Waals surface area contributed by atoms with Gasteiger partial charge in [-0.25, -0.2) is 0 Å². The summed E-state index contributed by atoms with van der Waals surface area (Å²) in [5.41, 5.74) is 0.124. The van der Waals surface area contributed by atoms with E-state index < -0.39 is 0 Å². The minimum atomic E-state index is 0.124. The lowest BCUT2D eigenvalue weighted by Crippen LogP contribution is -2.31. The van der Waals surface area contributed by atoms with Crippen LogP contribution in [0.15, 0.2) is 0 Å². The molecule has 1 unspecified atom stereocenters. The standard InChI is InChI=1S/C12H26O/c1-6-8-10-12(5,9-7-2)13-11(3)4/h11H,6-10H2,1-5H3. The Balaban J connectivity index is 3.99. The van der Waals surface area contributed by atoms with Gasteiger partial charge in [-0.05, 0) is 33.6 Å². The third-order valence-electron chi connectivity index (χ3n) is 2.36. The monoisotopic (exact) mass is 186 g/mol. The first-order valence-corrected chi connectivity index (χ1v) is 5.72. The molecule has 0 saturated carbocycles. The van der Waals surface area contributed by atoms with E-state index >= 15 is 0 Å². The van der Waals surface area contributed by atoms with Gasteiger partial charge in [0.2, 0.25) is 0 Å². The van der Waals surface area contributed by atoms with Gasteiger partial charge in [0.15, 0.2) is 0 Å². The fraction of sp³-hybridized carbons (Fsp3) is 1.00. The zero-order valence-electron chi connectivity index (χ0n) is 10.0. The van der Waals surface area contributed by atoms with E-state index in [1.54, 1.807) is 0 Å². The fourth-order valence-electron chi connectivity index (χ4n) is 1.89. The van der Waals surface area contributed by atoms with Crippen molar-refractivity contribution in [1.82, 2.24) is 0 Å². The molecule has 0 fully saturated rings. The van der Waals surface area contributed by atoms with Crippen molar-refractivity contribution in [1.29, 1.82) is 0 Å². The summed E-state index contributed by atoms with van der Waals surface area (Å²) >= 11 is 0. The molecule has 1 atom stereocenters. The van der Waals surface area contributed by atoms with Crippen molar-refractivity contribution in [2.45, 2.75) is 78.4 Å². The molecule has 0 aromatic carbocycles. The Labute approximate surface area is 83.9 Å². The van der Waals surface area contributed by atoms with Crippen LogP contribution in [0.5, 0.6) is 0 Å². The van der Waals surface area contributed by atoms with Gasteiger partial charge >= 0.3 is 0 Å². The van der Waals surface area contributed by atoms with Crippen LogP contribution in [0, 0.1) is 0 Å². The minimum Gasteiger partial charge on any atom is -0.373 e. The van der Waals surface area contributed by atoms with E-state index in [-0.39, 0.29) is 5.60 Å². The highest BCUT2D eigenvalue weighted by atomic mass is 16.5. The van der Waals surface area contributed by atoms with Crippen molar-refractivity contribution in [3.05, 3.63) is 0 Å². The molecule has 0 N–H and O–H groups in total. The molecule has 0 aromatic heterocycles. The van der Waals surface area contributed by atoms with Crippen molar-refractivity contribution in [3.8, 4) is 0 Å². The lowest BCUT2D eigenvalue weighted by atomic mass is 9.93. The Morgan fingerprint density at radius 3 is 2.08 bits per heavy atom. The maximum absolute atomic E-state index is 5.98. The largest absolute Gasteiger partial charge is 0.373 e. The molecule has 0 aliphatic heterocycles. The SMILES string of the molecule is CCCCC(C)(CCC)OC(C)C. The maximum Gasteiger partial charge on any atom is 0.0657 e. The number of rotatable bonds is 7. The first-order chi connectivity index (χ1) is 6.04. The minimum absolute atomic E-state index is 0.124. The quantitative estimate of drug-likeness (QED) is 0.580. The van der Waals surface area contributed by atoms with Gasteiger partial charge < -0.3 is 4.74 Å². The van der Waals surface area contributed by atoms with Crippen molar-refractivity contribution in [2.75, 3.05) is 0 Å². The Hall–Kier alpha value is -0.0400. The van der Waals surface area contributed by atoms with E-state index in [1.165, 1.54) is 32.1 Å². The number of hydrogen-bond acceptors (Lipinski definition) is 1. The van der Waals surface area contributed by atoms with Crippen LogP contribution >= 0.6 is 0 Å². The molecule has 0 aliphatic carbocycles. The Morgan fingerprint density at radius 2 is 1.69 bits per heavy atom. The van der Waals surface area contributed by atoms with Gasteiger partial charge in [0.1, 0.15) is 0 Å². The van der Waals surface area contributed by atoms with Gasteiger partial charge in [0.25, 0.3) is 0 Å². The van der Waals surface area contributed by atoms with Crippen molar-refractivity contribution in [2.24, 2.45) is 0 Å². The van der Waals surface area contributed by atoms with Crippen LogP contribution < -0.4 is 0 Å². The highest BCUT2D eigenvalue weighted by Gasteiger charge is 2.24. The highest BCUT2D eigenvalue weighted by molar-refractivity contribution is 4.75. The zero-order valence-corrected chi connectivity index (χ0v) is 10.0. The van der Waals surface area contributed by atoms with Crippen LogP contribution in [-0.4, -0.2) is 11.7 Å². The molecule has 0 spiro atoms. The Morgan fingerprint density at radius 1 is 1.08 bits per heavy atom. The molecule has 0 aliphatic rings. The first kappa shape index (κ1) is 13.0. The molecule has 0 saturated heterocycles. The van der Waals surface area contributed by atoms with Crippen molar-refractivity contribution >= 4 is 0 Å². The summed E-state index contributed by atoms with van der Waals surface area (Å²) in [5, 5.41) is 0. The van der Waals surface area contributed by atoms with E-state index in [0.717, 1.165) is 0 Å². The van der Waals surface area contributed by atoms with Crippen LogP contribution in [0.25, 0.3) is 0 Å². The predicted octanol–water partition coefficient (Wildman–Crippen LogP) is 4.16. The topological polar surface area (TPSA) is 9.23 Å². The molecule has 0 aromatic rings. The Bertz CT molecular complexity index is 120. The van der Waals surface area contributed by atoms with Crippen LogP contribution in [0.3, 0.4) is 0 Å². The first-order valence-electron chi connectivity index (χ1n) is 5.72. The average molecular weight is 186 g/mol. The third kappa shape index (κ3) is 6.09. The second-order valence-corrected chi connectivity index (χ2v) is 4.47. The molecular formula is C12H26O. The third-order valence-corrected chi connectivity index (χ3v) is 2.36. The van der Waals surface area contributed by atoms with E-state index in [9.17, 15) is 0 Å². The number of hydrogen-bond donors (Lipinski definition) is 0. The number of unbranched alkanes of at least 4 members (excludes halogenated alkanes) is 1. The van der Waals surface area contributed by atoms with Gasteiger partial charge in [-0.2, -0.15) is 0 Å². The van der Waals surface area contributed by atoms with Crippen molar-refractivity contribution < 1.29 is 4.74 Å². The molecule has 0 rings (SSSR count). The van der Waals surface area contributed by atoms with Crippen LogP contribution in [-0.2, 0) is 4.74 Å². The molecule has 0 heterocycles. The fourth-order valence-corrected chi connectivity index (χ4v) is 1.89. The van der Waals surface area contributed by atoms with Gasteiger partial charge in [-0.3, -0.25) is 0 Å². The normalized spacial score (nSPS) is 16.2. The lowest BCUT2D eigenvalue weighted by molar-refractivity contribution is -0.0793. The van der Waals surface area contributed by atoms with Gasteiger partial charge in [-0.15, -0.1) is 0 Å². The second kappa shape index (κ2) is 6.42. The summed E-state index contributed by atoms with van der Waals surface area (Å²) < 4.78 is 5.98. The summed E-state index contributed by atoms with van der Waals surface area (Å²) in [6.45, 7) is 11.0. The molecule has 0 bridgehead atoms. The smallest absolute Gasteiger partial charge is 0.0657 e. The summed E-state index contributed by atoms with van der Waals surface area (Å²) in [4.78, 5) is 0. The molecule has 0 amide bonds. The lowest BCUT2D eigenvalue weighted by Gasteiger charge is -2.32. The van der Waals surface area contributed by atoms with Gasteiger partial charge in [-0.1, -0.05) is 33.1 Å². The summed E-state index contributed by atoms with van der Waals surface area (Å²) in [6.07, 6.45) is 6.51.